The van der Waals surface area contributed by atoms with Gasteiger partial charge >= 0.3 is 12.3 Å². The molecular formula is C8H14O9. The highest BCUT2D eigenvalue weighted by Gasteiger charge is 1.97. The van der Waals surface area contributed by atoms with Crippen LogP contribution in [0.3, 0.4) is 0 Å². The molecule has 100 valence electrons. The molecule has 0 aromatic carbocycles. The fraction of sp³-hybridized carbons (Fsp3) is 0.750. The normalized spacial score (nSPS) is 9.88. The van der Waals surface area contributed by atoms with Crippen LogP contribution in [0.1, 0.15) is 0 Å². The van der Waals surface area contributed by atoms with Gasteiger partial charge in [-0.05, 0) is 0 Å². The Morgan fingerprint density at radius 1 is 0.765 bits per heavy atom. The molecule has 0 atom stereocenters. The van der Waals surface area contributed by atoms with Crippen LogP contribution in [-0.2, 0) is 24.0 Å². The summed E-state index contributed by atoms with van der Waals surface area (Å²) in [7, 11) is 0. The predicted molar refractivity (Wildman–Crippen MR) is 50.7 cm³/mol. The van der Waals surface area contributed by atoms with Gasteiger partial charge in [0.1, 0.15) is 13.2 Å². The van der Waals surface area contributed by atoms with E-state index in [1.807, 2.05) is 0 Å². The Labute approximate surface area is 96.7 Å². The van der Waals surface area contributed by atoms with Gasteiger partial charge < -0.3 is 24.4 Å². The highest BCUT2D eigenvalue weighted by Crippen LogP contribution is 1.84. The van der Waals surface area contributed by atoms with Crippen molar-refractivity contribution < 1.29 is 43.8 Å². The first-order valence-electron chi connectivity index (χ1n) is 4.66. The van der Waals surface area contributed by atoms with Gasteiger partial charge in [0.2, 0.25) is 0 Å². The summed E-state index contributed by atoms with van der Waals surface area (Å²) in [6.07, 6.45) is -2.87. The lowest BCUT2D eigenvalue weighted by Gasteiger charge is -2.05. The number of rotatable bonds is 10. The molecule has 0 aromatic rings. The van der Waals surface area contributed by atoms with Crippen molar-refractivity contribution in [3.05, 3.63) is 0 Å². The van der Waals surface area contributed by atoms with E-state index in [1.54, 1.807) is 0 Å². The van der Waals surface area contributed by atoms with Gasteiger partial charge in [0.15, 0.2) is 0 Å². The van der Waals surface area contributed by atoms with Crippen molar-refractivity contribution in [1.29, 1.82) is 0 Å². The molecule has 0 aliphatic heterocycles. The third kappa shape index (κ3) is 14.4. The van der Waals surface area contributed by atoms with Gasteiger partial charge in [0.25, 0.3) is 0 Å². The Kier molecular flexibility index (Phi) is 9.91. The van der Waals surface area contributed by atoms with Crippen LogP contribution in [0.4, 0.5) is 9.59 Å². The fourth-order valence-corrected chi connectivity index (χ4v) is 0.695. The summed E-state index contributed by atoms with van der Waals surface area (Å²) in [5, 5.41) is 16.1. The first-order valence-corrected chi connectivity index (χ1v) is 4.66. The standard InChI is InChI=1S/C8H14O9/c9-7(10)15-5-3-13-1-2-14-4-6-16-17-8(11)12/h1-6H2,(H,9,10)(H,11,12). The van der Waals surface area contributed by atoms with Crippen molar-refractivity contribution in [2.45, 2.75) is 0 Å². The number of carbonyl (C=O) groups is 2. The molecule has 0 aliphatic carbocycles. The second kappa shape index (κ2) is 10.9. The first-order chi connectivity index (χ1) is 8.13. The van der Waals surface area contributed by atoms with Crippen LogP contribution >= 0.6 is 0 Å². The van der Waals surface area contributed by atoms with Crippen LogP contribution in [0.2, 0.25) is 0 Å². The molecule has 0 saturated carbocycles. The lowest BCUT2D eigenvalue weighted by atomic mass is 10.7. The quantitative estimate of drug-likeness (QED) is 0.246. The van der Waals surface area contributed by atoms with Crippen molar-refractivity contribution >= 4 is 12.3 Å². The van der Waals surface area contributed by atoms with Crippen molar-refractivity contribution in [1.82, 2.24) is 0 Å². The van der Waals surface area contributed by atoms with Crippen molar-refractivity contribution in [2.24, 2.45) is 0 Å². The molecule has 2 N–H and O–H groups in total. The maximum absolute atomic E-state index is 9.91. The third-order valence-corrected chi connectivity index (χ3v) is 1.27. The number of carboxylic acid groups (broad SMARTS) is 2. The summed E-state index contributed by atoms with van der Waals surface area (Å²) in [4.78, 5) is 27.7. The molecule has 0 amide bonds. The lowest BCUT2D eigenvalue weighted by molar-refractivity contribution is -0.257. The second-order valence-corrected chi connectivity index (χ2v) is 2.51. The molecule has 9 heteroatoms. The molecule has 0 bridgehead atoms. The van der Waals surface area contributed by atoms with E-state index in [0.717, 1.165) is 0 Å². The Morgan fingerprint density at radius 2 is 1.29 bits per heavy atom. The molecule has 0 saturated heterocycles. The average molecular weight is 254 g/mol. The lowest BCUT2D eigenvalue weighted by Crippen LogP contribution is -2.13. The number of hydrogen-bond acceptors (Lipinski definition) is 7. The fourth-order valence-electron chi connectivity index (χ4n) is 0.695. The molecule has 17 heavy (non-hydrogen) atoms. The zero-order chi connectivity index (χ0) is 12.9. The van der Waals surface area contributed by atoms with Crippen molar-refractivity contribution in [3.8, 4) is 0 Å². The maximum Gasteiger partial charge on any atom is 0.537 e. The van der Waals surface area contributed by atoms with E-state index in [-0.39, 0.29) is 39.6 Å². The van der Waals surface area contributed by atoms with E-state index < -0.39 is 12.3 Å². The van der Waals surface area contributed by atoms with Crippen LogP contribution in [0.25, 0.3) is 0 Å². The van der Waals surface area contributed by atoms with Gasteiger partial charge in [-0.3, -0.25) is 4.89 Å². The summed E-state index contributed by atoms with van der Waals surface area (Å²) in [6.45, 7) is 0.780. The highest BCUT2D eigenvalue weighted by atomic mass is 17.2. The van der Waals surface area contributed by atoms with Crippen LogP contribution in [-0.4, -0.2) is 62.2 Å². The molecule has 0 spiro atoms. The van der Waals surface area contributed by atoms with Gasteiger partial charge in [-0.25, -0.2) is 9.59 Å². The topological polar surface area (TPSA) is 121 Å². The smallest absolute Gasteiger partial charge is 0.450 e. The van der Waals surface area contributed by atoms with Gasteiger partial charge in [-0.2, -0.15) is 4.89 Å². The summed E-state index contributed by atoms with van der Waals surface area (Å²) >= 11 is 0. The van der Waals surface area contributed by atoms with Crippen molar-refractivity contribution in [2.75, 3.05) is 39.6 Å². The van der Waals surface area contributed by atoms with Gasteiger partial charge in [0.05, 0.1) is 26.4 Å². The summed E-state index contributed by atoms with van der Waals surface area (Å²) in [5.41, 5.74) is 0. The zero-order valence-corrected chi connectivity index (χ0v) is 8.99. The minimum absolute atomic E-state index is 0.0194. The van der Waals surface area contributed by atoms with Crippen LogP contribution in [0.15, 0.2) is 0 Å². The number of ether oxygens (including phenoxy) is 3. The largest absolute Gasteiger partial charge is 0.537 e. The molecule has 0 heterocycles. The summed E-state index contributed by atoms with van der Waals surface area (Å²) in [6, 6.07) is 0. The van der Waals surface area contributed by atoms with Gasteiger partial charge in [0, 0.05) is 0 Å². The van der Waals surface area contributed by atoms with Crippen LogP contribution in [0.5, 0.6) is 0 Å². The summed E-state index contributed by atoms with van der Waals surface area (Å²) in [5.74, 6) is 0. The SMILES string of the molecule is O=C(O)OCCOCCOCCOOC(=O)O. The van der Waals surface area contributed by atoms with E-state index >= 15 is 0 Å². The molecule has 0 aliphatic rings. The minimum atomic E-state index is -1.52. The van der Waals surface area contributed by atoms with Crippen molar-refractivity contribution in [3.63, 3.8) is 0 Å². The molecule has 0 fully saturated rings. The Balaban J connectivity index is 2.98. The van der Waals surface area contributed by atoms with E-state index in [0.29, 0.717) is 0 Å². The van der Waals surface area contributed by atoms with E-state index in [2.05, 4.69) is 14.5 Å². The molecule has 9 nitrogen and oxygen atoms in total. The highest BCUT2D eigenvalue weighted by molar-refractivity contribution is 5.56. The molecule has 0 rings (SSSR count). The Bertz CT molecular complexity index is 195. The predicted octanol–water partition coefficient (Wildman–Crippen LogP) is 0.340. The van der Waals surface area contributed by atoms with E-state index in [9.17, 15) is 9.59 Å². The van der Waals surface area contributed by atoms with Crippen LogP contribution in [0, 0.1) is 0 Å². The van der Waals surface area contributed by atoms with E-state index in [1.165, 1.54) is 0 Å². The third-order valence-electron chi connectivity index (χ3n) is 1.27. The molecular weight excluding hydrogens is 240 g/mol. The molecule has 0 unspecified atom stereocenters. The monoisotopic (exact) mass is 254 g/mol. The van der Waals surface area contributed by atoms with Crippen LogP contribution < -0.4 is 0 Å². The average Bonchev–Trinajstić information content (AvgIpc) is 2.25. The first kappa shape index (κ1) is 15.4. The Morgan fingerprint density at radius 3 is 1.82 bits per heavy atom. The number of hydrogen-bond donors (Lipinski definition) is 2. The second-order valence-electron chi connectivity index (χ2n) is 2.51. The van der Waals surface area contributed by atoms with Gasteiger partial charge in [-0.1, -0.05) is 0 Å². The van der Waals surface area contributed by atoms with E-state index in [4.69, 9.17) is 19.7 Å². The van der Waals surface area contributed by atoms with Gasteiger partial charge in [-0.15, -0.1) is 0 Å². The summed E-state index contributed by atoms with van der Waals surface area (Å²) < 4.78 is 14.1. The Hall–Kier alpha value is -1.58. The zero-order valence-electron chi connectivity index (χ0n) is 8.99. The molecule has 0 radical (unpaired) electrons. The molecule has 0 aromatic heterocycles. The minimum Gasteiger partial charge on any atom is -0.450 e. The maximum atomic E-state index is 9.91.